The van der Waals surface area contributed by atoms with Crippen molar-refractivity contribution < 1.29 is 4.79 Å². The molecule has 4 rings (SSSR count). The van der Waals surface area contributed by atoms with E-state index in [1.54, 1.807) is 0 Å². The fourth-order valence-corrected chi connectivity index (χ4v) is 3.61. The van der Waals surface area contributed by atoms with E-state index in [0.29, 0.717) is 23.8 Å². The number of hydrogen-bond acceptors (Lipinski definition) is 3. The van der Waals surface area contributed by atoms with Gasteiger partial charge in [-0.2, -0.15) is 0 Å². The van der Waals surface area contributed by atoms with Gasteiger partial charge in [-0.3, -0.25) is 4.79 Å². The molecule has 5 nitrogen and oxygen atoms in total. The molecule has 1 amide bonds. The quantitative estimate of drug-likeness (QED) is 0.402. The Balaban J connectivity index is 0.00000240. The summed E-state index contributed by atoms with van der Waals surface area (Å²) < 4.78 is 0. The van der Waals surface area contributed by atoms with E-state index in [2.05, 4.69) is 34.7 Å². The van der Waals surface area contributed by atoms with E-state index in [1.807, 2.05) is 43.4 Å². The zero-order chi connectivity index (χ0) is 19.7. The summed E-state index contributed by atoms with van der Waals surface area (Å²) in [7, 11) is 1.85. The number of hydrogen-bond donors (Lipinski definition) is 3. The van der Waals surface area contributed by atoms with Crippen molar-refractivity contribution in [3.8, 4) is 11.3 Å². The van der Waals surface area contributed by atoms with Crippen LogP contribution in [0, 0.1) is 6.92 Å². The molecule has 2 aromatic carbocycles. The summed E-state index contributed by atoms with van der Waals surface area (Å²) in [6, 6.07) is 15.5. The number of para-hydroxylation sites is 1. The molecule has 0 radical (unpaired) electrons. The van der Waals surface area contributed by atoms with Crippen molar-refractivity contribution in [1.29, 1.82) is 0 Å². The molecule has 4 aromatic rings. The minimum atomic E-state index is -0.192. The SMILES string of the molecule is CNCCNC(=O)c1cc2c([nH]c3c(C)cccc32)c(-c2cccc(Cl)c2)n1.Cl. The number of amides is 1. The van der Waals surface area contributed by atoms with Crippen LogP contribution in [0.15, 0.2) is 48.5 Å². The molecule has 0 bridgehead atoms. The lowest BCUT2D eigenvalue weighted by atomic mass is 10.1. The van der Waals surface area contributed by atoms with Crippen LogP contribution in [0.2, 0.25) is 5.02 Å². The first-order valence-corrected chi connectivity index (χ1v) is 9.57. The van der Waals surface area contributed by atoms with Gasteiger partial charge in [-0.1, -0.05) is 41.9 Å². The molecule has 0 spiro atoms. The van der Waals surface area contributed by atoms with Gasteiger partial charge in [-0.25, -0.2) is 4.98 Å². The topological polar surface area (TPSA) is 69.8 Å². The van der Waals surface area contributed by atoms with E-state index in [0.717, 1.165) is 38.6 Å². The van der Waals surface area contributed by atoms with Crippen LogP contribution in [-0.4, -0.2) is 36.0 Å². The van der Waals surface area contributed by atoms with Gasteiger partial charge in [-0.15, -0.1) is 12.4 Å². The second-order valence-electron chi connectivity index (χ2n) is 6.77. The van der Waals surface area contributed by atoms with Crippen LogP contribution in [0.3, 0.4) is 0 Å². The molecule has 0 unspecified atom stereocenters. The number of aromatic nitrogens is 2. The summed E-state index contributed by atoms with van der Waals surface area (Å²) in [6.45, 7) is 3.30. The zero-order valence-corrected chi connectivity index (χ0v) is 17.7. The molecule has 0 fully saturated rings. The number of carbonyl (C=O) groups excluding carboxylic acids is 1. The number of aryl methyl sites for hydroxylation is 1. The maximum absolute atomic E-state index is 12.7. The van der Waals surface area contributed by atoms with Crippen molar-refractivity contribution >= 4 is 51.7 Å². The summed E-state index contributed by atoms with van der Waals surface area (Å²) in [5.41, 5.74) is 5.07. The first-order chi connectivity index (χ1) is 13.6. The number of pyridine rings is 1. The molecule has 0 aliphatic carbocycles. The van der Waals surface area contributed by atoms with Crippen LogP contribution < -0.4 is 10.6 Å². The lowest BCUT2D eigenvalue weighted by Gasteiger charge is -2.09. The normalized spacial score (nSPS) is 10.9. The molecule has 3 N–H and O–H groups in total. The molecule has 150 valence electrons. The minimum absolute atomic E-state index is 0. The van der Waals surface area contributed by atoms with E-state index in [-0.39, 0.29) is 18.3 Å². The number of aromatic amines is 1. The van der Waals surface area contributed by atoms with E-state index in [1.165, 1.54) is 0 Å². The van der Waals surface area contributed by atoms with E-state index in [9.17, 15) is 4.79 Å². The number of likely N-dealkylation sites (N-methyl/N-ethyl adjacent to an activating group) is 1. The van der Waals surface area contributed by atoms with Gasteiger partial charge in [0.25, 0.3) is 5.91 Å². The van der Waals surface area contributed by atoms with Crippen LogP contribution in [0.1, 0.15) is 16.1 Å². The van der Waals surface area contributed by atoms with Crippen LogP contribution >= 0.6 is 24.0 Å². The monoisotopic (exact) mass is 428 g/mol. The van der Waals surface area contributed by atoms with Gasteiger partial charge in [0.2, 0.25) is 0 Å². The largest absolute Gasteiger partial charge is 0.353 e. The fourth-order valence-electron chi connectivity index (χ4n) is 3.42. The Hall–Kier alpha value is -2.60. The number of carbonyl (C=O) groups is 1. The van der Waals surface area contributed by atoms with E-state index >= 15 is 0 Å². The van der Waals surface area contributed by atoms with Crippen LogP contribution in [0.25, 0.3) is 33.1 Å². The second-order valence-corrected chi connectivity index (χ2v) is 7.21. The van der Waals surface area contributed by atoms with E-state index in [4.69, 9.17) is 16.6 Å². The molecule has 0 aliphatic rings. The number of nitrogens with one attached hydrogen (secondary N) is 3. The van der Waals surface area contributed by atoms with Gasteiger partial charge in [-0.05, 0) is 37.7 Å². The van der Waals surface area contributed by atoms with E-state index < -0.39 is 0 Å². The first-order valence-electron chi connectivity index (χ1n) is 9.19. The lowest BCUT2D eigenvalue weighted by Crippen LogP contribution is -2.31. The third-order valence-electron chi connectivity index (χ3n) is 4.82. The number of nitrogens with zero attached hydrogens (tertiary/aromatic N) is 1. The maximum Gasteiger partial charge on any atom is 0.269 e. The zero-order valence-electron chi connectivity index (χ0n) is 16.2. The molecule has 2 heterocycles. The van der Waals surface area contributed by atoms with Gasteiger partial charge in [0.15, 0.2) is 0 Å². The molecule has 29 heavy (non-hydrogen) atoms. The molecule has 2 aromatic heterocycles. The number of rotatable bonds is 5. The van der Waals surface area contributed by atoms with Crippen LogP contribution in [-0.2, 0) is 0 Å². The van der Waals surface area contributed by atoms with Crippen molar-refractivity contribution in [3.63, 3.8) is 0 Å². The first kappa shape index (κ1) is 21.1. The van der Waals surface area contributed by atoms with Crippen molar-refractivity contribution in [2.75, 3.05) is 20.1 Å². The smallest absolute Gasteiger partial charge is 0.269 e. The summed E-state index contributed by atoms with van der Waals surface area (Å²) in [4.78, 5) is 20.9. The van der Waals surface area contributed by atoms with Gasteiger partial charge in [0.05, 0.1) is 11.2 Å². The number of H-pyrrole nitrogens is 1. The fraction of sp³-hybridized carbons (Fsp3) is 0.182. The molecule has 0 saturated carbocycles. The predicted molar refractivity (Wildman–Crippen MR) is 122 cm³/mol. The molecule has 0 aliphatic heterocycles. The summed E-state index contributed by atoms with van der Waals surface area (Å²) in [5.74, 6) is -0.192. The molecule has 0 saturated heterocycles. The van der Waals surface area contributed by atoms with Crippen molar-refractivity contribution in [3.05, 3.63) is 64.8 Å². The highest BCUT2D eigenvalue weighted by Crippen LogP contribution is 2.34. The standard InChI is InChI=1S/C22H21ClN4O.ClH/c1-13-5-3-8-16-17-12-18(22(28)25-10-9-24-2)26-20(21(17)27-19(13)16)14-6-4-7-15(23)11-14;/h3-8,11-12,24,27H,9-10H2,1-2H3,(H,25,28);1H. The number of halogens is 2. The number of fused-ring (bicyclic) bond motifs is 3. The highest BCUT2D eigenvalue weighted by atomic mass is 35.5. The van der Waals surface area contributed by atoms with Gasteiger partial charge in [0.1, 0.15) is 5.69 Å². The number of benzene rings is 2. The summed E-state index contributed by atoms with van der Waals surface area (Å²) in [6.07, 6.45) is 0. The molecular weight excluding hydrogens is 407 g/mol. The third-order valence-corrected chi connectivity index (χ3v) is 5.06. The Morgan fingerprint density at radius 2 is 1.86 bits per heavy atom. The summed E-state index contributed by atoms with van der Waals surface area (Å²) >= 11 is 6.21. The van der Waals surface area contributed by atoms with Crippen LogP contribution in [0.5, 0.6) is 0 Å². The Kier molecular flexibility index (Phi) is 6.42. The predicted octanol–water partition coefficient (Wildman–Crippen LogP) is 4.72. The average Bonchev–Trinajstić information content (AvgIpc) is 3.07. The maximum atomic E-state index is 12.7. The Labute approximate surface area is 180 Å². The summed E-state index contributed by atoms with van der Waals surface area (Å²) in [5, 5.41) is 8.60. The Bertz CT molecular complexity index is 1190. The molecular formula is C22H22Cl2N4O. The molecule has 0 atom stereocenters. The second kappa shape index (κ2) is 8.82. The highest BCUT2D eigenvalue weighted by Gasteiger charge is 2.17. The Morgan fingerprint density at radius 1 is 1.07 bits per heavy atom. The van der Waals surface area contributed by atoms with Gasteiger partial charge >= 0.3 is 0 Å². The van der Waals surface area contributed by atoms with Crippen LogP contribution in [0.4, 0.5) is 0 Å². The third kappa shape index (κ3) is 4.08. The van der Waals surface area contributed by atoms with Crippen molar-refractivity contribution in [2.45, 2.75) is 6.92 Å². The van der Waals surface area contributed by atoms with Crippen molar-refractivity contribution in [2.24, 2.45) is 0 Å². The van der Waals surface area contributed by atoms with Crippen molar-refractivity contribution in [1.82, 2.24) is 20.6 Å². The average molecular weight is 429 g/mol. The minimum Gasteiger partial charge on any atom is -0.353 e. The highest BCUT2D eigenvalue weighted by molar-refractivity contribution is 6.31. The molecule has 7 heteroatoms. The van der Waals surface area contributed by atoms with Gasteiger partial charge in [0, 0.05) is 40.0 Å². The van der Waals surface area contributed by atoms with Gasteiger partial charge < -0.3 is 15.6 Å². The lowest BCUT2D eigenvalue weighted by molar-refractivity contribution is 0.0949. The Morgan fingerprint density at radius 3 is 2.62 bits per heavy atom.